The molecule has 0 aliphatic heterocycles. The van der Waals surface area contributed by atoms with E-state index in [1.54, 1.807) is 19.1 Å². The topological polar surface area (TPSA) is 63.4 Å². The molecule has 0 saturated heterocycles. The van der Waals surface area contributed by atoms with Crippen LogP contribution < -0.4 is 5.73 Å². The minimum Gasteiger partial charge on any atom is -0.398 e. The van der Waals surface area contributed by atoms with Crippen molar-refractivity contribution in [2.75, 3.05) is 19.3 Å². The Morgan fingerprint density at radius 2 is 2.12 bits per heavy atom. The van der Waals surface area contributed by atoms with Crippen molar-refractivity contribution in [1.82, 2.24) is 4.31 Å². The molecule has 0 bridgehead atoms. The Labute approximate surface area is 110 Å². The Hall–Kier alpha value is -0.850. The lowest BCUT2D eigenvalue weighted by atomic mass is 10.3. The number of halogens is 1. The minimum absolute atomic E-state index is 0.115. The van der Waals surface area contributed by atoms with Gasteiger partial charge in [0.25, 0.3) is 0 Å². The van der Waals surface area contributed by atoms with E-state index in [1.807, 2.05) is 0 Å². The average molecular weight is 319 g/mol. The van der Waals surface area contributed by atoms with Gasteiger partial charge in [0.1, 0.15) is 4.90 Å². The molecule has 0 radical (unpaired) electrons. The summed E-state index contributed by atoms with van der Waals surface area (Å²) < 4.78 is 26.4. The van der Waals surface area contributed by atoms with Gasteiger partial charge in [-0.25, -0.2) is 8.42 Å². The van der Waals surface area contributed by atoms with Gasteiger partial charge >= 0.3 is 0 Å². The van der Waals surface area contributed by atoms with Crippen LogP contribution >= 0.6 is 15.9 Å². The van der Waals surface area contributed by atoms with Gasteiger partial charge in [-0.05, 0) is 25.1 Å². The highest BCUT2D eigenvalue weighted by molar-refractivity contribution is 9.10. The zero-order valence-corrected chi connectivity index (χ0v) is 12.2. The molecule has 2 N–H and O–H groups in total. The molecule has 17 heavy (non-hydrogen) atoms. The number of hydrogen-bond donors (Lipinski definition) is 1. The van der Waals surface area contributed by atoms with Crippen LogP contribution in [-0.4, -0.2) is 26.3 Å². The summed E-state index contributed by atoms with van der Waals surface area (Å²) in [5, 5.41) is 0. The van der Waals surface area contributed by atoms with Crippen LogP contribution in [-0.2, 0) is 10.0 Å². The maximum atomic E-state index is 12.2. The second kappa shape index (κ2) is 5.20. The highest BCUT2D eigenvalue weighted by Gasteiger charge is 2.22. The fourth-order valence-corrected chi connectivity index (χ4v) is 3.09. The molecular formula is C11H15BrN2O2S. The van der Waals surface area contributed by atoms with E-state index in [4.69, 9.17) is 5.73 Å². The van der Waals surface area contributed by atoms with Crippen molar-refractivity contribution in [3.8, 4) is 0 Å². The van der Waals surface area contributed by atoms with Crippen LogP contribution in [0.25, 0.3) is 0 Å². The van der Waals surface area contributed by atoms with Crippen LogP contribution in [0.2, 0.25) is 0 Å². The SMILES string of the molecule is C=C(C)CN(C)S(=O)(=O)c1ccc(Br)cc1N. The molecule has 0 fully saturated rings. The molecule has 94 valence electrons. The van der Waals surface area contributed by atoms with Gasteiger partial charge in [-0.2, -0.15) is 4.31 Å². The van der Waals surface area contributed by atoms with Gasteiger partial charge in [-0.15, -0.1) is 0 Å². The molecule has 0 atom stereocenters. The monoisotopic (exact) mass is 318 g/mol. The van der Waals surface area contributed by atoms with Gasteiger partial charge in [0, 0.05) is 18.1 Å². The van der Waals surface area contributed by atoms with Crippen LogP contribution in [0.5, 0.6) is 0 Å². The van der Waals surface area contributed by atoms with Crippen LogP contribution in [0.4, 0.5) is 5.69 Å². The highest BCUT2D eigenvalue weighted by Crippen LogP contribution is 2.25. The summed E-state index contributed by atoms with van der Waals surface area (Å²) in [6, 6.07) is 4.71. The predicted molar refractivity (Wildman–Crippen MR) is 73.2 cm³/mol. The van der Waals surface area contributed by atoms with Crippen molar-refractivity contribution in [3.05, 3.63) is 34.8 Å². The van der Waals surface area contributed by atoms with Gasteiger partial charge < -0.3 is 5.73 Å². The van der Waals surface area contributed by atoms with Crippen molar-refractivity contribution in [2.45, 2.75) is 11.8 Å². The van der Waals surface area contributed by atoms with Gasteiger partial charge in [0.15, 0.2) is 0 Å². The summed E-state index contributed by atoms with van der Waals surface area (Å²) in [5.74, 6) is 0. The molecule has 0 spiro atoms. The number of benzene rings is 1. The third-order valence-electron chi connectivity index (χ3n) is 2.15. The van der Waals surface area contributed by atoms with Crippen molar-refractivity contribution >= 4 is 31.6 Å². The number of likely N-dealkylation sites (N-methyl/N-ethyl adjacent to an activating group) is 1. The van der Waals surface area contributed by atoms with Gasteiger partial charge in [0.2, 0.25) is 10.0 Å². The molecule has 0 saturated carbocycles. The first kappa shape index (κ1) is 14.2. The number of nitrogens with two attached hydrogens (primary N) is 1. The lowest BCUT2D eigenvalue weighted by Gasteiger charge is -2.18. The molecular weight excluding hydrogens is 304 g/mol. The van der Waals surface area contributed by atoms with Gasteiger partial charge in [-0.1, -0.05) is 28.1 Å². The average Bonchev–Trinajstić information content (AvgIpc) is 2.15. The molecule has 0 amide bonds. The van der Waals surface area contributed by atoms with E-state index in [0.717, 1.165) is 10.0 Å². The van der Waals surface area contributed by atoms with E-state index in [1.165, 1.54) is 17.4 Å². The Balaban J connectivity index is 3.17. The Morgan fingerprint density at radius 3 is 2.59 bits per heavy atom. The predicted octanol–water partition coefficient (Wildman–Crippen LogP) is 2.23. The standard InChI is InChI=1S/C11H15BrN2O2S/c1-8(2)7-14(3)17(15,16)11-5-4-9(12)6-10(11)13/h4-6H,1,7,13H2,2-3H3. The zero-order chi connectivity index (χ0) is 13.2. The molecule has 1 aromatic carbocycles. The molecule has 0 aromatic heterocycles. The van der Waals surface area contributed by atoms with Crippen molar-refractivity contribution in [2.24, 2.45) is 0 Å². The summed E-state index contributed by atoms with van der Waals surface area (Å²) >= 11 is 3.24. The third-order valence-corrected chi connectivity index (χ3v) is 4.52. The third kappa shape index (κ3) is 3.31. The quantitative estimate of drug-likeness (QED) is 0.684. The second-order valence-electron chi connectivity index (χ2n) is 3.90. The van der Waals surface area contributed by atoms with E-state index >= 15 is 0 Å². The maximum Gasteiger partial charge on any atom is 0.245 e. The van der Waals surface area contributed by atoms with Crippen LogP contribution in [0.15, 0.2) is 39.7 Å². The summed E-state index contributed by atoms with van der Waals surface area (Å²) in [5.41, 5.74) is 6.72. The molecule has 1 rings (SSSR count). The van der Waals surface area contributed by atoms with E-state index in [2.05, 4.69) is 22.5 Å². The summed E-state index contributed by atoms with van der Waals surface area (Å²) in [4.78, 5) is 0.115. The first-order valence-electron chi connectivity index (χ1n) is 4.91. The van der Waals surface area contributed by atoms with Crippen LogP contribution in [0, 0.1) is 0 Å². The molecule has 6 heteroatoms. The Morgan fingerprint density at radius 1 is 1.53 bits per heavy atom. The molecule has 0 aliphatic rings. The number of sulfonamides is 1. The molecule has 1 aromatic rings. The first-order chi connectivity index (χ1) is 7.75. The minimum atomic E-state index is -3.55. The Kier molecular flexibility index (Phi) is 4.35. The van der Waals surface area contributed by atoms with E-state index in [0.29, 0.717) is 0 Å². The van der Waals surface area contributed by atoms with E-state index in [9.17, 15) is 8.42 Å². The lowest BCUT2D eigenvalue weighted by molar-refractivity contribution is 0.493. The van der Waals surface area contributed by atoms with E-state index < -0.39 is 10.0 Å². The lowest BCUT2D eigenvalue weighted by Crippen LogP contribution is -2.29. The van der Waals surface area contributed by atoms with E-state index in [-0.39, 0.29) is 17.1 Å². The summed E-state index contributed by atoms with van der Waals surface area (Å²) in [6.45, 7) is 5.74. The molecule has 0 heterocycles. The second-order valence-corrected chi connectivity index (χ2v) is 6.83. The highest BCUT2D eigenvalue weighted by atomic mass is 79.9. The molecule has 0 aliphatic carbocycles. The Bertz CT molecular complexity index is 540. The molecule has 4 nitrogen and oxygen atoms in total. The smallest absolute Gasteiger partial charge is 0.245 e. The number of hydrogen-bond acceptors (Lipinski definition) is 3. The largest absolute Gasteiger partial charge is 0.398 e. The number of nitrogens with zero attached hydrogens (tertiary/aromatic N) is 1. The van der Waals surface area contributed by atoms with Crippen LogP contribution in [0.3, 0.4) is 0 Å². The number of anilines is 1. The van der Waals surface area contributed by atoms with Gasteiger partial charge in [-0.3, -0.25) is 0 Å². The van der Waals surface area contributed by atoms with Crippen molar-refractivity contribution < 1.29 is 8.42 Å². The van der Waals surface area contributed by atoms with Crippen LogP contribution in [0.1, 0.15) is 6.92 Å². The number of rotatable bonds is 4. The van der Waals surface area contributed by atoms with Crippen molar-refractivity contribution in [3.63, 3.8) is 0 Å². The summed E-state index contributed by atoms with van der Waals surface area (Å²) in [6.07, 6.45) is 0. The zero-order valence-electron chi connectivity index (χ0n) is 9.77. The van der Waals surface area contributed by atoms with Crippen molar-refractivity contribution in [1.29, 1.82) is 0 Å². The van der Waals surface area contributed by atoms with Gasteiger partial charge in [0.05, 0.1) is 5.69 Å². The maximum absolute atomic E-state index is 12.2. The molecule has 0 unspecified atom stereocenters. The fourth-order valence-electron chi connectivity index (χ4n) is 1.39. The number of nitrogen functional groups attached to an aromatic ring is 1. The first-order valence-corrected chi connectivity index (χ1v) is 7.14. The normalized spacial score (nSPS) is 11.8. The summed E-state index contributed by atoms with van der Waals surface area (Å²) in [7, 11) is -2.05. The fraction of sp³-hybridized carbons (Fsp3) is 0.273.